The van der Waals surface area contributed by atoms with Crippen LogP contribution in [0.3, 0.4) is 0 Å². The third kappa shape index (κ3) is 3.21. The van der Waals surface area contributed by atoms with Gasteiger partial charge in [0.15, 0.2) is 0 Å². The average molecular weight is 264 g/mol. The van der Waals surface area contributed by atoms with Crippen LogP contribution in [-0.4, -0.2) is 17.4 Å². The number of aromatic amines is 1. The van der Waals surface area contributed by atoms with Crippen molar-refractivity contribution in [3.63, 3.8) is 0 Å². The van der Waals surface area contributed by atoms with Crippen LogP contribution in [0.25, 0.3) is 0 Å². The van der Waals surface area contributed by atoms with Crippen LogP contribution in [0.2, 0.25) is 0 Å². The quantitative estimate of drug-likeness (QED) is 0.668. The number of rotatable bonds is 3. The fourth-order valence-corrected chi connectivity index (χ4v) is 2.19. The molecule has 100 valence electrons. The van der Waals surface area contributed by atoms with E-state index in [1.165, 1.54) is 11.8 Å². The minimum Gasteiger partial charge on any atom is -0.353 e. The van der Waals surface area contributed by atoms with Crippen molar-refractivity contribution >= 4 is 18.1 Å². The van der Waals surface area contributed by atoms with Crippen molar-refractivity contribution in [2.75, 3.05) is 0 Å². The molecule has 0 fully saturated rings. The van der Waals surface area contributed by atoms with Crippen molar-refractivity contribution in [3.05, 3.63) is 52.3 Å². The molecule has 0 saturated heterocycles. The zero-order valence-corrected chi connectivity index (χ0v) is 11.8. The number of H-pyrrole nitrogens is 1. The number of hydrogen-bond donors (Lipinski definition) is 1. The van der Waals surface area contributed by atoms with Crippen molar-refractivity contribution < 1.29 is 0 Å². The van der Waals surface area contributed by atoms with E-state index in [0.717, 1.165) is 28.2 Å². The van der Waals surface area contributed by atoms with Crippen LogP contribution in [0.5, 0.6) is 0 Å². The molecule has 0 unspecified atom stereocenters. The van der Waals surface area contributed by atoms with Crippen molar-refractivity contribution in [1.82, 2.24) is 4.98 Å². The monoisotopic (exact) mass is 264 g/mol. The third-order valence-electron chi connectivity index (χ3n) is 2.96. The lowest BCUT2D eigenvalue weighted by Crippen LogP contribution is -1.87. The van der Waals surface area contributed by atoms with Crippen LogP contribution in [0.4, 0.5) is 5.69 Å². The Morgan fingerprint density at radius 3 is 2.25 bits per heavy atom. The number of nitriles is 1. The zero-order valence-electron chi connectivity index (χ0n) is 11.8. The molecule has 0 aliphatic rings. The first-order chi connectivity index (χ1) is 9.60. The van der Waals surface area contributed by atoms with E-state index < -0.39 is 0 Å². The van der Waals surface area contributed by atoms with Crippen LogP contribution in [-0.2, 0) is 0 Å². The maximum absolute atomic E-state index is 8.38. The molecule has 1 aromatic carbocycles. The van der Waals surface area contributed by atoms with Crippen LogP contribution >= 0.6 is 0 Å². The highest BCUT2D eigenvalue weighted by molar-refractivity contribution is 5.85. The highest BCUT2D eigenvalue weighted by Gasteiger charge is 2.01. The Morgan fingerprint density at radius 2 is 1.65 bits per heavy atom. The van der Waals surface area contributed by atoms with Gasteiger partial charge in [0.1, 0.15) is 0 Å². The molecule has 0 saturated carbocycles. The third-order valence-corrected chi connectivity index (χ3v) is 2.96. The summed E-state index contributed by atoms with van der Waals surface area (Å²) in [6.45, 7) is 6.21. The van der Waals surface area contributed by atoms with Crippen molar-refractivity contribution in [3.8, 4) is 6.19 Å². The predicted molar refractivity (Wildman–Crippen MR) is 81.9 cm³/mol. The first-order valence-electron chi connectivity index (χ1n) is 6.33. The molecule has 0 atom stereocenters. The van der Waals surface area contributed by atoms with Crippen molar-refractivity contribution in [1.29, 1.82) is 5.26 Å². The SMILES string of the molecule is Cc1cc(C)c(N=Cc2ccc(C=NC#N)[nH]2)c(C)c1. The summed E-state index contributed by atoms with van der Waals surface area (Å²) in [6.07, 6.45) is 4.99. The number of nitrogens with zero attached hydrogens (tertiary/aromatic N) is 3. The minimum absolute atomic E-state index is 0.783. The Balaban J connectivity index is 2.24. The van der Waals surface area contributed by atoms with Gasteiger partial charge in [-0.25, -0.2) is 0 Å². The highest BCUT2D eigenvalue weighted by atomic mass is 14.8. The maximum atomic E-state index is 8.38. The molecule has 4 heteroatoms. The average Bonchev–Trinajstić information content (AvgIpc) is 2.83. The molecule has 1 heterocycles. The normalized spacial score (nSPS) is 11.3. The molecule has 0 aliphatic carbocycles. The Bertz CT molecular complexity index is 691. The topological polar surface area (TPSA) is 64.3 Å². The first-order valence-corrected chi connectivity index (χ1v) is 6.33. The van der Waals surface area contributed by atoms with Gasteiger partial charge in [-0.2, -0.15) is 10.3 Å². The van der Waals surface area contributed by atoms with E-state index in [1.54, 1.807) is 12.4 Å². The lowest BCUT2D eigenvalue weighted by Gasteiger charge is -2.05. The lowest BCUT2D eigenvalue weighted by atomic mass is 10.1. The molecule has 0 spiro atoms. The smallest absolute Gasteiger partial charge is 0.205 e. The summed E-state index contributed by atoms with van der Waals surface area (Å²) in [4.78, 5) is 11.2. The van der Waals surface area contributed by atoms with Gasteiger partial charge in [0, 0.05) is 0 Å². The molecule has 1 N–H and O–H groups in total. The Morgan fingerprint density at radius 1 is 1.05 bits per heavy atom. The largest absolute Gasteiger partial charge is 0.353 e. The molecule has 20 heavy (non-hydrogen) atoms. The summed E-state index contributed by atoms with van der Waals surface area (Å²) in [6, 6.07) is 8.01. The van der Waals surface area contributed by atoms with Gasteiger partial charge in [-0.3, -0.25) is 4.99 Å². The summed E-state index contributed by atoms with van der Waals surface area (Å²) in [5.74, 6) is 0. The summed E-state index contributed by atoms with van der Waals surface area (Å²) in [5.41, 5.74) is 6.23. The van der Waals surface area contributed by atoms with Gasteiger partial charge in [-0.15, -0.1) is 0 Å². The molecular formula is C16H16N4. The van der Waals surface area contributed by atoms with E-state index in [2.05, 4.69) is 47.9 Å². The fourth-order valence-electron chi connectivity index (χ4n) is 2.19. The molecule has 1 aromatic heterocycles. The van der Waals surface area contributed by atoms with Crippen LogP contribution in [0.15, 0.2) is 34.3 Å². The number of benzene rings is 1. The molecule has 4 nitrogen and oxygen atoms in total. The van der Waals surface area contributed by atoms with Gasteiger partial charge in [0.05, 0.1) is 29.5 Å². The lowest BCUT2D eigenvalue weighted by molar-refractivity contribution is 1.28. The van der Waals surface area contributed by atoms with Gasteiger partial charge < -0.3 is 4.98 Å². The summed E-state index contributed by atoms with van der Waals surface area (Å²) in [5, 5.41) is 8.38. The molecule has 0 amide bonds. The number of aliphatic imine (C=N–C) groups is 2. The zero-order chi connectivity index (χ0) is 14.5. The van der Waals surface area contributed by atoms with E-state index >= 15 is 0 Å². The number of aromatic nitrogens is 1. The second kappa shape index (κ2) is 5.98. The van der Waals surface area contributed by atoms with Crippen molar-refractivity contribution in [2.45, 2.75) is 20.8 Å². The molecule has 0 bridgehead atoms. The standard InChI is InChI=1S/C16H16N4/c1-11-6-12(2)16(13(3)7-11)19-9-15-5-4-14(20-15)8-18-10-17/h4-9,20H,1-3H3. The predicted octanol–water partition coefficient (Wildman–Crippen LogP) is 3.59. The molecular weight excluding hydrogens is 248 g/mol. The molecule has 0 radical (unpaired) electrons. The van der Waals surface area contributed by atoms with Gasteiger partial charge in [-0.1, -0.05) is 17.7 Å². The van der Waals surface area contributed by atoms with Gasteiger partial charge in [0.25, 0.3) is 0 Å². The van der Waals surface area contributed by atoms with Crippen LogP contribution in [0.1, 0.15) is 28.1 Å². The molecule has 2 rings (SSSR count). The second-order valence-electron chi connectivity index (χ2n) is 4.73. The molecule has 2 aromatic rings. The summed E-state index contributed by atoms with van der Waals surface area (Å²) >= 11 is 0. The minimum atomic E-state index is 0.783. The summed E-state index contributed by atoms with van der Waals surface area (Å²) in [7, 11) is 0. The number of aryl methyl sites for hydroxylation is 3. The molecule has 0 aliphatic heterocycles. The number of nitrogens with one attached hydrogen (secondary N) is 1. The van der Waals surface area contributed by atoms with Gasteiger partial charge in [0.2, 0.25) is 6.19 Å². The Hall–Kier alpha value is -2.67. The van der Waals surface area contributed by atoms with E-state index in [1.807, 2.05) is 12.1 Å². The summed E-state index contributed by atoms with van der Waals surface area (Å²) < 4.78 is 0. The Kier molecular flexibility index (Phi) is 4.11. The van der Waals surface area contributed by atoms with E-state index in [-0.39, 0.29) is 0 Å². The van der Waals surface area contributed by atoms with E-state index in [9.17, 15) is 0 Å². The van der Waals surface area contributed by atoms with Gasteiger partial charge >= 0.3 is 0 Å². The highest BCUT2D eigenvalue weighted by Crippen LogP contribution is 2.24. The van der Waals surface area contributed by atoms with E-state index in [0.29, 0.717) is 0 Å². The van der Waals surface area contributed by atoms with E-state index in [4.69, 9.17) is 5.26 Å². The Labute approximate surface area is 118 Å². The van der Waals surface area contributed by atoms with Gasteiger partial charge in [-0.05, 0) is 44.0 Å². The van der Waals surface area contributed by atoms with Crippen molar-refractivity contribution in [2.24, 2.45) is 9.98 Å². The van der Waals surface area contributed by atoms with Crippen LogP contribution in [0, 0.1) is 32.2 Å². The second-order valence-corrected chi connectivity index (χ2v) is 4.73. The first kappa shape index (κ1) is 13.8. The fraction of sp³-hybridized carbons (Fsp3) is 0.188. The van der Waals surface area contributed by atoms with Crippen LogP contribution < -0.4 is 0 Å². The maximum Gasteiger partial charge on any atom is 0.205 e. The number of hydrogen-bond acceptors (Lipinski definition) is 3.